The van der Waals surface area contributed by atoms with Crippen LogP contribution < -0.4 is 5.32 Å². The number of halogens is 1. The lowest BCUT2D eigenvalue weighted by molar-refractivity contribution is -0.142. The highest BCUT2D eigenvalue weighted by atomic mass is 35.5. The largest absolute Gasteiger partial charge is 0.480 e. The highest BCUT2D eigenvalue weighted by Gasteiger charge is 2.21. The molecule has 0 saturated carbocycles. The number of carbonyl (C=O) groups is 2. The number of oxazole rings is 1. The van der Waals surface area contributed by atoms with Crippen molar-refractivity contribution in [2.45, 2.75) is 32.7 Å². The van der Waals surface area contributed by atoms with Gasteiger partial charge in [-0.2, -0.15) is 0 Å². The van der Waals surface area contributed by atoms with Gasteiger partial charge in [0.1, 0.15) is 12.3 Å². The van der Waals surface area contributed by atoms with E-state index in [9.17, 15) is 9.59 Å². The van der Waals surface area contributed by atoms with Gasteiger partial charge in [0, 0.05) is 10.6 Å². The molecule has 0 saturated heterocycles. The Morgan fingerprint density at radius 2 is 1.96 bits per heavy atom. The van der Waals surface area contributed by atoms with E-state index in [0.717, 1.165) is 5.56 Å². The van der Waals surface area contributed by atoms with Gasteiger partial charge in [0.05, 0.1) is 12.1 Å². The Balaban J connectivity index is 1.99. The fourth-order valence-electron chi connectivity index (χ4n) is 2.22. The van der Waals surface area contributed by atoms with Crippen molar-refractivity contribution in [2.75, 3.05) is 0 Å². The highest BCUT2D eigenvalue weighted by molar-refractivity contribution is 6.30. The third-order valence-corrected chi connectivity index (χ3v) is 3.58. The topological polar surface area (TPSA) is 92.4 Å². The van der Waals surface area contributed by atoms with Crippen molar-refractivity contribution in [1.82, 2.24) is 10.3 Å². The smallest absolute Gasteiger partial charge is 0.326 e. The molecule has 1 aromatic carbocycles. The highest BCUT2D eigenvalue weighted by Crippen LogP contribution is 2.21. The molecule has 6 nitrogen and oxygen atoms in total. The summed E-state index contributed by atoms with van der Waals surface area (Å²) >= 11 is 5.83. The van der Waals surface area contributed by atoms with Crippen LogP contribution in [0.25, 0.3) is 11.5 Å². The Morgan fingerprint density at radius 3 is 2.54 bits per heavy atom. The van der Waals surface area contributed by atoms with Crippen molar-refractivity contribution in [1.29, 1.82) is 0 Å². The lowest BCUT2D eigenvalue weighted by Gasteiger charge is -2.15. The summed E-state index contributed by atoms with van der Waals surface area (Å²) in [6.07, 6.45) is 1.72. The molecule has 0 aliphatic carbocycles. The Morgan fingerprint density at radius 1 is 1.29 bits per heavy atom. The normalized spacial score (nSPS) is 12.2. The summed E-state index contributed by atoms with van der Waals surface area (Å²) in [5.74, 6) is -0.903. The van der Waals surface area contributed by atoms with E-state index in [4.69, 9.17) is 21.1 Å². The molecule has 0 spiro atoms. The molecule has 1 heterocycles. The minimum Gasteiger partial charge on any atom is -0.480 e. The van der Waals surface area contributed by atoms with Gasteiger partial charge in [-0.15, -0.1) is 0 Å². The van der Waals surface area contributed by atoms with Crippen LogP contribution in [0.2, 0.25) is 5.02 Å². The average Bonchev–Trinajstić information content (AvgIpc) is 2.95. The van der Waals surface area contributed by atoms with E-state index in [2.05, 4.69) is 10.3 Å². The summed E-state index contributed by atoms with van der Waals surface area (Å²) in [7, 11) is 0. The molecule has 1 aromatic heterocycles. The molecular weight excluding hydrogens is 332 g/mol. The van der Waals surface area contributed by atoms with E-state index in [1.807, 2.05) is 13.8 Å². The third-order valence-electron chi connectivity index (χ3n) is 3.33. The summed E-state index contributed by atoms with van der Waals surface area (Å²) < 4.78 is 5.36. The van der Waals surface area contributed by atoms with Gasteiger partial charge in [-0.1, -0.05) is 25.4 Å². The van der Waals surface area contributed by atoms with E-state index >= 15 is 0 Å². The van der Waals surface area contributed by atoms with E-state index < -0.39 is 17.9 Å². The monoisotopic (exact) mass is 350 g/mol. The van der Waals surface area contributed by atoms with E-state index in [-0.39, 0.29) is 12.3 Å². The molecular formula is C17H19ClN2O4. The lowest BCUT2D eigenvalue weighted by atomic mass is 10.0. The van der Waals surface area contributed by atoms with E-state index in [1.165, 1.54) is 6.26 Å². The summed E-state index contributed by atoms with van der Waals surface area (Å²) in [6, 6.07) is 6.07. The van der Waals surface area contributed by atoms with Gasteiger partial charge in [-0.25, -0.2) is 9.78 Å². The number of aliphatic carboxylic acids is 1. The summed E-state index contributed by atoms with van der Waals surface area (Å²) in [5.41, 5.74) is 1.18. The van der Waals surface area contributed by atoms with Crippen molar-refractivity contribution < 1.29 is 19.1 Å². The first-order chi connectivity index (χ1) is 11.3. The van der Waals surface area contributed by atoms with Crippen LogP contribution in [-0.2, 0) is 16.0 Å². The molecule has 0 bridgehead atoms. The summed E-state index contributed by atoms with van der Waals surface area (Å²) in [4.78, 5) is 27.5. The Bertz CT molecular complexity index is 710. The molecule has 0 aliphatic rings. The van der Waals surface area contributed by atoms with Crippen LogP contribution in [0.4, 0.5) is 0 Å². The molecule has 1 amide bonds. The number of rotatable bonds is 7. The number of hydrogen-bond acceptors (Lipinski definition) is 4. The number of carboxylic acids is 1. The van der Waals surface area contributed by atoms with Gasteiger partial charge in [0.2, 0.25) is 11.8 Å². The van der Waals surface area contributed by atoms with E-state index in [0.29, 0.717) is 23.0 Å². The zero-order chi connectivity index (χ0) is 17.7. The maximum Gasteiger partial charge on any atom is 0.326 e. The van der Waals surface area contributed by atoms with Crippen LogP contribution in [-0.4, -0.2) is 28.0 Å². The molecule has 1 atom stereocenters. The quantitative estimate of drug-likeness (QED) is 0.800. The molecule has 2 rings (SSSR count). The van der Waals surface area contributed by atoms with Gasteiger partial charge >= 0.3 is 5.97 Å². The first-order valence-electron chi connectivity index (χ1n) is 7.57. The fourth-order valence-corrected chi connectivity index (χ4v) is 2.34. The predicted octanol–water partition coefficient (Wildman–Crippen LogP) is 3.15. The maximum atomic E-state index is 12.0. The zero-order valence-corrected chi connectivity index (χ0v) is 14.2. The van der Waals surface area contributed by atoms with Crippen LogP contribution in [0.5, 0.6) is 0 Å². The van der Waals surface area contributed by atoms with Gasteiger partial charge < -0.3 is 14.8 Å². The maximum absolute atomic E-state index is 12.0. The molecule has 7 heteroatoms. The Labute approximate surface area is 144 Å². The van der Waals surface area contributed by atoms with Crippen molar-refractivity contribution in [3.63, 3.8) is 0 Å². The van der Waals surface area contributed by atoms with Crippen LogP contribution in [0, 0.1) is 5.92 Å². The summed E-state index contributed by atoms with van der Waals surface area (Å²) in [5, 5.41) is 12.3. The summed E-state index contributed by atoms with van der Waals surface area (Å²) in [6.45, 7) is 3.80. The van der Waals surface area contributed by atoms with Gasteiger partial charge in [0.15, 0.2) is 0 Å². The molecule has 0 radical (unpaired) electrons. The van der Waals surface area contributed by atoms with Crippen LogP contribution in [0.15, 0.2) is 34.9 Å². The number of benzene rings is 1. The van der Waals surface area contributed by atoms with E-state index in [1.54, 1.807) is 24.3 Å². The average molecular weight is 351 g/mol. The second-order valence-corrected chi connectivity index (χ2v) is 6.35. The van der Waals surface area contributed by atoms with Crippen LogP contribution >= 0.6 is 11.6 Å². The molecule has 1 unspecified atom stereocenters. The first-order valence-corrected chi connectivity index (χ1v) is 7.95. The number of hydrogen-bond donors (Lipinski definition) is 2. The standard InChI is InChI=1S/C17H19ClN2O4/c1-10(2)7-14(17(22)23)20-15(21)8-13-9-24-16(19-13)11-3-5-12(18)6-4-11/h3-6,9-10,14H,7-8H2,1-2H3,(H,20,21)(H,22,23). The SMILES string of the molecule is CC(C)CC(NC(=O)Cc1coc(-c2ccc(Cl)cc2)n1)C(=O)O. The number of nitrogens with zero attached hydrogens (tertiary/aromatic N) is 1. The molecule has 24 heavy (non-hydrogen) atoms. The van der Waals surface area contributed by atoms with Gasteiger partial charge in [-0.05, 0) is 36.6 Å². The molecule has 2 N–H and O–H groups in total. The number of aromatic nitrogens is 1. The van der Waals surface area contributed by atoms with Crippen molar-refractivity contribution in [2.24, 2.45) is 5.92 Å². The predicted molar refractivity (Wildman–Crippen MR) is 89.7 cm³/mol. The van der Waals surface area contributed by atoms with Crippen LogP contribution in [0.1, 0.15) is 26.0 Å². The minimum absolute atomic E-state index is 0.0427. The number of carbonyl (C=O) groups excluding carboxylic acids is 1. The molecule has 0 fully saturated rings. The molecule has 128 valence electrons. The minimum atomic E-state index is -1.04. The zero-order valence-electron chi connectivity index (χ0n) is 13.5. The molecule has 0 aliphatic heterocycles. The Hall–Kier alpha value is -2.34. The second-order valence-electron chi connectivity index (χ2n) is 5.92. The Kier molecular flexibility index (Phi) is 5.98. The fraction of sp³-hybridized carbons (Fsp3) is 0.353. The molecule has 2 aromatic rings. The van der Waals surface area contributed by atoms with Crippen LogP contribution in [0.3, 0.4) is 0 Å². The lowest BCUT2D eigenvalue weighted by Crippen LogP contribution is -2.42. The number of amides is 1. The van der Waals surface area contributed by atoms with Crippen molar-refractivity contribution in [3.8, 4) is 11.5 Å². The van der Waals surface area contributed by atoms with Gasteiger partial charge in [-0.3, -0.25) is 4.79 Å². The van der Waals surface area contributed by atoms with Crippen molar-refractivity contribution >= 4 is 23.5 Å². The number of nitrogens with one attached hydrogen (secondary N) is 1. The second kappa shape index (κ2) is 7.97. The third kappa shape index (κ3) is 5.09. The van der Waals surface area contributed by atoms with Crippen molar-refractivity contribution in [3.05, 3.63) is 41.2 Å². The van der Waals surface area contributed by atoms with Gasteiger partial charge in [0.25, 0.3) is 0 Å². The number of carboxylic acid groups (broad SMARTS) is 1. The first kappa shape index (κ1) is 18.0.